The molecule has 1 aromatic rings. The molecule has 2 aliphatic rings. The van der Waals surface area contributed by atoms with Crippen LogP contribution in [-0.4, -0.2) is 32.1 Å². The van der Waals surface area contributed by atoms with Crippen LogP contribution in [0.25, 0.3) is 0 Å². The summed E-state index contributed by atoms with van der Waals surface area (Å²) in [5, 5.41) is 2.91. The lowest BCUT2D eigenvalue weighted by Crippen LogP contribution is -2.41. The summed E-state index contributed by atoms with van der Waals surface area (Å²) in [7, 11) is 1.46. The van der Waals surface area contributed by atoms with E-state index in [0.717, 1.165) is 43.6 Å². The summed E-state index contributed by atoms with van der Waals surface area (Å²) >= 11 is 0. The van der Waals surface area contributed by atoms with Gasteiger partial charge in [-0.05, 0) is 43.7 Å². The molecule has 5 heteroatoms. The number of benzene rings is 1. The van der Waals surface area contributed by atoms with Crippen molar-refractivity contribution in [3.63, 3.8) is 0 Å². The van der Waals surface area contributed by atoms with Crippen molar-refractivity contribution in [2.45, 2.75) is 25.7 Å². The molecular formula is C17H22N2O3. The molecule has 0 spiro atoms. The Kier molecular flexibility index (Phi) is 4.32. The van der Waals surface area contributed by atoms with E-state index in [4.69, 9.17) is 4.74 Å². The highest BCUT2D eigenvalue weighted by molar-refractivity contribution is 6.01. The number of carbonyl (C=O) groups excluding carboxylic acids is 2. The van der Waals surface area contributed by atoms with Gasteiger partial charge in [0.1, 0.15) is 0 Å². The number of rotatable bonds is 3. The molecule has 1 aliphatic carbocycles. The van der Waals surface area contributed by atoms with Gasteiger partial charge >= 0.3 is 5.97 Å². The predicted octanol–water partition coefficient (Wildman–Crippen LogP) is 2.42. The van der Waals surface area contributed by atoms with Gasteiger partial charge < -0.3 is 15.0 Å². The fraction of sp³-hybridized carbons (Fsp3) is 0.529. The number of nitrogens with zero attached hydrogens (tertiary/aromatic N) is 1. The van der Waals surface area contributed by atoms with E-state index in [1.54, 1.807) is 0 Å². The van der Waals surface area contributed by atoms with Crippen molar-refractivity contribution in [2.75, 3.05) is 30.4 Å². The van der Waals surface area contributed by atoms with Crippen LogP contribution >= 0.6 is 0 Å². The Hall–Kier alpha value is -2.04. The van der Waals surface area contributed by atoms with Crippen molar-refractivity contribution in [1.82, 2.24) is 0 Å². The van der Waals surface area contributed by atoms with Crippen molar-refractivity contribution in [1.29, 1.82) is 0 Å². The van der Waals surface area contributed by atoms with Gasteiger partial charge in [-0.1, -0.05) is 12.1 Å². The molecule has 1 N–H and O–H groups in total. The first-order valence-corrected chi connectivity index (χ1v) is 7.89. The lowest BCUT2D eigenvalue weighted by atomic mass is 9.81. The van der Waals surface area contributed by atoms with E-state index in [2.05, 4.69) is 16.3 Å². The molecule has 0 aromatic heterocycles. The van der Waals surface area contributed by atoms with Gasteiger partial charge in [0, 0.05) is 6.54 Å². The second-order valence-electron chi connectivity index (χ2n) is 6.19. The summed E-state index contributed by atoms with van der Waals surface area (Å²) in [5.41, 5.74) is 1.99. The molecule has 1 heterocycles. The van der Waals surface area contributed by atoms with E-state index >= 15 is 0 Å². The molecule has 0 atom stereocenters. The van der Waals surface area contributed by atoms with Crippen molar-refractivity contribution in [3.05, 3.63) is 24.3 Å². The molecule has 0 bridgehead atoms. The third kappa shape index (κ3) is 3.08. The standard InChI is InChI=1S/C17H22N2O3/c1-22-17(21)13-8-6-12(7-9-13)10-19-11-16(20)18-14-4-2-3-5-15(14)19/h2-5,12-13H,6-11H2,1H3,(H,18,20). The van der Waals surface area contributed by atoms with Crippen LogP contribution in [0.5, 0.6) is 0 Å². The third-order valence-electron chi connectivity index (χ3n) is 4.71. The molecule has 0 unspecified atom stereocenters. The number of ether oxygens (including phenoxy) is 1. The molecule has 1 saturated carbocycles. The number of anilines is 2. The first kappa shape index (κ1) is 14.9. The Morgan fingerprint density at radius 3 is 2.73 bits per heavy atom. The summed E-state index contributed by atoms with van der Waals surface area (Å²) in [6, 6.07) is 7.92. The average molecular weight is 302 g/mol. The van der Waals surface area contributed by atoms with Gasteiger partial charge in [-0.15, -0.1) is 0 Å². The number of hydrogen-bond acceptors (Lipinski definition) is 4. The zero-order valence-electron chi connectivity index (χ0n) is 12.9. The Balaban J connectivity index is 1.63. The van der Waals surface area contributed by atoms with E-state index in [-0.39, 0.29) is 17.8 Å². The number of amides is 1. The van der Waals surface area contributed by atoms with Gasteiger partial charge in [-0.2, -0.15) is 0 Å². The lowest BCUT2D eigenvalue weighted by Gasteiger charge is -2.36. The zero-order chi connectivity index (χ0) is 15.5. The van der Waals surface area contributed by atoms with E-state index < -0.39 is 0 Å². The van der Waals surface area contributed by atoms with Crippen LogP contribution in [0.4, 0.5) is 11.4 Å². The average Bonchev–Trinajstić information content (AvgIpc) is 2.54. The van der Waals surface area contributed by atoms with E-state index in [1.807, 2.05) is 18.2 Å². The van der Waals surface area contributed by atoms with Gasteiger partial charge in [0.05, 0.1) is 30.9 Å². The van der Waals surface area contributed by atoms with Gasteiger partial charge in [0.25, 0.3) is 0 Å². The molecule has 118 valence electrons. The minimum absolute atomic E-state index is 0.0435. The first-order valence-electron chi connectivity index (χ1n) is 7.89. The molecule has 0 radical (unpaired) electrons. The van der Waals surface area contributed by atoms with Gasteiger partial charge in [0.2, 0.25) is 5.91 Å². The van der Waals surface area contributed by atoms with Crippen LogP contribution in [0.1, 0.15) is 25.7 Å². The molecule has 22 heavy (non-hydrogen) atoms. The fourth-order valence-electron chi connectivity index (χ4n) is 3.53. The zero-order valence-corrected chi connectivity index (χ0v) is 12.9. The Morgan fingerprint density at radius 1 is 1.27 bits per heavy atom. The van der Waals surface area contributed by atoms with Crippen molar-refractivity contribution in [2.24, 2.45) is 11.8 Å². The largest absolute Gasteiger partial charge is 0.469 e. The molecule has 3 rings (SSSR count). The number of para-hydroxylation sites is 2. The quantitative estimate of drug-likeness (QED) is 0.871. The smallest absolute Gasteiger partial charge is 0.308 e. The fourth-order valence-corrected chi connectivity index (χ4v) is 3.53. The van der Waals surface area contributed by atoms with E-state index in [9.17, 15) is 9.59 Å². The summed E-state index contributed by atoms with van der Waals surface area (Å²) in [6.45, 7) is 1.28. The highest BCUT2D eigenvalue weighted by atomic mass is 16.5. The molecule has 1 fully saturated rings. The maximum Gasteiger partial charge on any atom is 0.308 e. The summed E-state index contributed by atoms with van der Waals surface area (Å²) in [5.74, 6) is 0.543. The Labute approximate surface area is 130 Å². The minimum atomic E-state index is -0.0823. The van der Waals surface area contributed by atoms with Gasteiger partial charge in [0.15, 0.2) is 0 Å². The van der Waals surface area contributed by atoms with Crippen LogP contribution in [0.3, 0.4) is 0 Å². The maximum absolute atomic E-state index is 11.8. The highest BCUT2D eigenvalue weighted by Gasteiger charge is 2.30. The molecule has 1 aliphatic heterocycles. The van der Waals surface area contributed by atoms with Crippen molar-refractivity contribution in [3.8, 4) is 0 Å². The molecule has 1 amide bonds. The predicted molar refractivity (Wildman–Crippen MR) is 84.7 cm³/mol. The number of esters is 1. The normalized spacial score (nSPS) is 24.4. The minimum Gasteiger partial charge on any atom is -0.469 e. The lowest BCUT2D eigenvalue weighted by molar-refractivity contribution is -0.146. The molecule has 1 aromatic carbocycles. The third-order valence-corrected chi connectivity index (χ3v) is 4.71. The molecule has 5 nitrogen and oxygen atoms in total. The van der Waals surface area contributed by atoms with Crippen LogP contribution in [0.2, 0.25) is 0 Å². The number of fused-ring (bicyclic) bond motifs is 1. The summed E-state index contributed by atoms with van der Waals surface area (Å²) < 4.78 is 4.83. The monoisotopic (exact) mass is 302 g/mol. The highest BCUT2D eigenvalue weighted by Crippen LogP contribution is 2.34. The van der Waals surface area contributed by atoms with Crippen LogP contribution in [0.15, 0.2) is 24.3 Å². The topological polar surface area (TPSA) is 58.6 Å². The molecule has 0 saturated heterocycles. The second kappa shape index (κ2) is 6.38. The van der Waals surface area contributed by atoms with Crippen molar-refractivity contribution >= 4 is 23.3 Å². The molecular weight excluding hydrogens is 280 g/mol. The number of methoxy groups -OCH3 is 1. The second-order valence-corrected chi connectivity index (χ2v) is 6.19. The summed E-state index contributed by atoms with van der Waals surface area (Å²) in [6.07, 6.45) is 3.80. The Bertz CT molecular complexity index is 565. The van der Waals surface area contributed by atoms with Crippen LogP contribution in [0, 0.1) is 11.8 Å². The van der Waals surface area contributed by atoms with E-state index in [1.165, 1.54) is 7.11 Å². The maximum atomic E-state index is 11.8. The number of hydrogen-bond donors (Lipinski definition) is 1. The van der Waals surface area contributed by atoms with Crippen molar-refractivity contribution < 1.29 is 14.3 Å². The van der Waals surface area contributed by atoms with Crippen LogP contribution in [-0.2, 0) is 14.3 Å². The SMILES string of the molecule is COC(=O)C1CCC(CN2CC(=O)Nc3ccccc32)CC1. The van der Waals surface area contributed by atoms with Gasteiger partial charge in [-0.3, -0.25) is 9.59 Å². The van der Waals surface area contributed by atoms with E-state index in [0.29, 0.717) is 12.5 Å². The summed E-state index contributed by atoms with van der Waals surface area (Å²) in [4.78, 5) is 25.6. The number of nitrogens with one attached hydrogen (secondary N) is 1. The van der Waals surface area contributed by atoms with Gasteiger partial charge in [-0.25, -0.2) is 0 Å². The Morgan fingerprint density at radius 2 is 2.00 bits per heavy atom. The number of carbonyl (C=O) groups is 2. The first-order chi connectivity index (χ1) is 10.7. The van der Waals surface area contributed by atoms with Crippen LogP contribution < -0.4 is 10.2 Å².